The Kier molecular flexibility index (Phi) is 6.74. The minimum Gasteiger partial charge on any atom is -0.493 e. The maximum Gasteiger partial charge on any atom is 0.257 e. The lowest BCUT2D eigenvalue weighted by Crippen LogP contribution is -2.28. The van der Waals surface area contributed by atoms with Crippen LogP contribution in [0.2, 0.25) is 0 Å². The molecule has 0 spiro atoms. The van der Waals surface area contributed by atoms with E-state index in [9.17, 15) is 4.79 Å². The number of hydrogen-bond donors (Lipinski definition) is 2. The molecule has 1 amide bonds. The van der Waals surface area contributed by atoms with Crippen LogP contribution in [-0.2, 0) is 11.3 Å². The van der Waals surface area contributed by atoms with Gasteiger partial charge in [0.05, 0.1) is 7.11 Å². The number of hydrogen-bond acceptors (Lipinski definition) is 4. The number of nitrogens with one attached hydrogen (secondary N) is 2. The Morgan fingerprint density at radius 3 is 2.63 bits per heavy atom. The molecule has 0 atom stereocenters. The normalized spacial score (nSPS) is 10.1. The first-order valence-corrected chi connectivity index (χ1v) is 6.48. The van der Waals surface area contributed by atoms with Crippen LogP contribution >= 0.6 is 0 Å². The van der Waals surface area contributed by atoms with Crippen molar-refractivity contribution < 1.29 is 14.3 Å². The summed E-state index contributed by atoms with van der Waals surface area (Å²) in [4.78, 5) is 11.3. The Morgan fingerprint density at radius 1 is 1.21 bits per heavy atom. The molecule has 0 aliphatic rings. The molecule has 0 aromatic heterocycles. The minimum absolute atomic E-state index is 0.00322. The third-order valence-electron chi connectivity index (χ3n) is 2.54. The van der Waals surface area contributed by atoms with Gasteiger partial charge in [0.1, 0.15) is 0 Å². The molecule has 1 aromatic rings. The van der Waals surface area contributed by atoms with E-state index in [0.717, 1.165) is 18.7 Å². The van der Waals surface area contributed by atoms with Crippen molar-refractivity contribution in [3.05, 3.63) is 23.8 Å². The summed E-state index contributed by atoms with van der Waals surface area (Å²) in [5.74, 6) is 1.08. The van der Waals surface area contributed by atoms with Crippen LogP contribution in [0.1, 0.15) is 19.4 Å². The molecule has 0 bridgehead atoms. The minimum atomic E-state index is -0.138. The van der Waals surface area contributed by atoms with Gasteiger partial charge in [-0.15, -0.1) is 0 Å². The van der Waals surface area contributed by atoms with Crippen LogP contribution in [0.4, 0.5) is 0 Å². The number of benzene rings is 1. The molecule has 1 rings (SSSR count). The number of likely N-dealkylation sites (N-methyl/N-ethyl adjacent to an activating group) is 1. The van der Waals surface area contributed by atoms with Crippen LogP contribution in [-0.4, -0.2) is 32.7 Å². The summed E-state index contributed by atoms with van der Waals surface area (Å²) in [7, 11) is 1.59. The van der Waals surface area contributed by atoms with E-state index < -0.39 is 0 Å². The van der Waals surface area contributed by atoms with Crippen molar-refractivity contribution >= 4 is 5.91 Å². The largest absolute Gasteiger partial charge is 0.493 e. The summed E-state index contributed by atoms with van der Waals surface area (Å²) in [6.45, 7) is 6.22. The van der Waals surface area contributed by atoms with Crippen LogP contribution < -0.4 is 20.1 Å². The molecule has 0 radical (unpaired) electrons. The molecule has 5 heteroatoms. The second-order valence-electron chi connectivity index (χ2n) is 4.01. The first-order valence-electron chi connectivity index (χ1n) is 6.48. The third-order valence-corrected chi connectivity index (χ3v) is 2.54. The van der Waals surface area contributed by atoms with Gasteiger partial charge in [0.15, 0.2) is 18.1 Å². The van der Waals surface area contributed by atoms with Crippen LogP contribution in [0.3, 0.4) is 0 Å². The van der Waals surface area contributed by atoms with Crippen molar-refractivity contribution in [2.24, 2.45) is 0 Å². The molecule has 0 unspecified atom stereocenters. The van der Waals surface area contributed by atoms with E-state index in [2.05, 4.69) is 17.6 Å². The SMILES string of the molecule is CCNCc1ccc(OCC(=O)NCC)c(OC)c1. The zero-order valence-electron chi connectivity index (χ0n) is 11.8. The lowest BCUT2D eigenvalue weighted by Gasteiger charge is -2.12. The number of carbonyl (C=O) groups excluding carboxylic acids is 1. The van der Waals surface area contributed by atoms with Crippen molar-refractivity contribution in [2.75, 3.05) is 26.8 Å². The topological polar surface area (TPSA) is 59.6 Å². The summed E-state index contributed by atoms with van der Waals surface area (Å²) in [6.07, 6.45) is 0. The molecule has 2 N–H and O–H groups in total. The molecule has 19 heavy (non-hydrogen) atoms. The molecule has 0 saturated heterocycles. The lowest BCUT2D eigenvalue weighted by atomic mass is 10.2. The zero-order valence-corrected chi connectivity index (χ0v) is 11.8. The summed E-state index contributed by atoms with van der Waals surface area (Å²) < 4.78 is 10.7. The van der Waals surface area contributed by atoms with E-state index in [1.807, 2.05) is 25.1 Å². The first kappa shape index (κ1) is 15.3. The molecule has 0 fully saturated rings. The number of rotatable bonds is 8. The van der Waals surface area contributed by atoms with Gasteiger partial charge in [0.2, 0.25) is 0 Å². The van der Waals surface area contributed by atoms with Gasteiger partial charge in [-0.2, -0.15) is 0 Å². The standard InChI is InChI=1S/C14H22N2O3/c1-4-15-9-11-6-7-12(13(8-11)18-3)19-10-14(17)16-5-2/h6-8,15H,4-5,9-10H2,1-3H3,(H,16,17). The van der Waals surface area contributed by atoms with Gasteiger partial charge in [-0.25, -0.2) is 0 Å². The predicted molar refractivity (Wildman–Crippen MR) is 74.6 cm³/mol. The smallest absolute Gasteiger partial charge is 0.257 e. The summed E-state index contributed by atoms with van der Waals surface area (Å²) >= 11 is 0. The summed E-state index contributed by atoms with van der Waals surface area (Å²) in [5, 5.41) is 5.92. The highest BCUT2D eigenvalue weighted by Gasteiger charge is 2.08. The Hall–Kier alpha value is -1.75. The van der Waals surface area contributed by atoms with Crippen LogP contribution in [0.5, 0.6) is 11.5 Å². The highest BCUT2D eigenvalue weighted by Crippen LogP contribution is 2.27. The van der Waals surface area contributed by atoms with Gasteiger partial charge in [-0.3, -0.25) is 4.79 Å². The molecule has 0 aliphatic carbocycles. The number of ether oxygens (including phenoxy) is 2. The van der Waals surface area contributed by atoms with Gasteiger partial charge in [-0.05, 0) is 31.2 Å². The van der Waals surface area contributed by atoms with Gasteiger partial charge < -0.3 is 20.1 Å². The number of amides is 1. The van der Waals surface area contributed by atoms with Crippen molar-refractivity contribution in [3.63, 3.8) is 0 Å². The second kappa shape index (κ2) is 8.37. The van der Waals surface area contributed by atoms with E-state index in [4.69, 9.17) is 9.47 Å². The van der Waals surface area contributed by atoms with Crippen LogP contribution in [0.15, 0.2) is 18.2 Å². The zero-order chi connectivity index (χ0) is 14.1. The molecule has 0 aliphatic heterocycles. The average Bonchev–Trinajstić information content (AvgIpc) is 2.43. The van der Waals surface area contributed by atoms with Crippen LogP contribution in [0.25, 0.3) is 0 Å². The van der Waals surface area contributed by atoms with Gasteiger partial charge >= 0.3 is 0 Å². The number of carbonyl (C=O) groups is 1. The fraction of sp³-hybridized carbons (Fsp3) is 0.500. The van der Waals surface area contributed by atoms with Crippen molar-refractivity contribution in [1.82, 2.24) is 10.6 Å². The van der Waals surface area contributed by atoms with Crippen LogP contribution in [0, 0.1) is 0 Å². The average molecular weight is 266 g/mol. The highest BCUT2D eigenvalue weighted by molar-refractivity contribution is 5.77. The van der Waals surface area contributed by atoms with E-state index in [1.165, 1.54) is 0 Å². The van der Waals surface area contributed by atoms with Crippen molar-refractivity contribution in [3.8, 4) is 11.5 Å². The fourth-order valence-electron chi connectivity index (χ4n) is 1.60. The molecular weight excluding hydrogens is 244 g/mol. The number of methoxy groups -OCH3 is 1. The van der Waals surface area contributed by atoms with Gasteiger partial charge in [0.25, 0.3) is 5.91 Å². The van der Waals surface area contributed by atoms with E-state index in [0.29, 0.717) is 18.0 Å². The highest BCUT2D eigenvalue weighted by atomic mass is 16.5. The van der Waals surface area contributed by atoms with E-state index in [-0.39, 0.29) is 12.5 Å². The predicted octanol–water partition coefficient (Wildman–Crippen LogP) is 1.32. The van der Waals surface area contributed by atoms with E-state index in [1.54, 1.807) is 7.11 Å². The maximum absolute atomic E-state index is 11.3. The summed E-state index contributed by atoms with van der Waals surface area (Å²) in [6, 6.07) is 5.69. The van der Waals surface area contributed by atoms with Crippen molar-refractivity contribution in [1.29, 1.82) is 0 Å². The van der Waals surface area contributed by atoms with Gasteiger partial charge in [-0.1, -0.05) is 13.0 Å². The Morgan fingerprint density at radius 2 is 2.00 bits per heavy atom. The Bertz CT molecular complexity index is 408. The molecule has 0 saturated carbocycles. The fourth-order valence-corrected chi connectivity index (χ4v) is 1.60. The second-order valence-corrected chi connectivity index (χ2v) is 4.01. The molecule has 0 heterocycles. The maximum atomic E-state index is 11.3. The molecular formula is C14H22N2O3. The summed E-state index contributed by atoms with van der Waals surface area (Å²) in [5.41, 5.74) is 1.11. The van der Waals surface area contributed by atoms with Gasteiger partial charge in [0, 0.05) is 13.1 Å². The van der Waals surface area contributed by atoms with Crippen molar-refractivity contribution in [2.45, 2.75) is 20.4 Å². The Labute approximate surface area is 114 Å². The molecule has 1 aromatic carbocycles. The Balaban J connectivity index is 2.64. The first-order chi connectivity index (χ1) is 9.21. The lowest BCUT2D eigenvalue weighted by molar-refractivity contribution is -0.123. The molecule has 5 nitrogen and oxygen atoms in total. The third kappa shape index (κ3) is 5.18. The molecule has 106 valence electrons. The quantitative estimate of drug-likeness (QED) is 0.745. The van der Waals surface area contributed by atoms with E-state index >= 15 is 0 Å². The monoisotopic (exact) mass is 266 g/mol.